The number of pyridine rings is 1. The lowest BCUT2D eigenvalue weighted by atomic mass is 10.00. The zero-order valence-electron chi connectivity index (χ0n) is 17.1. The first kappa shape index (κ1) is 20.5. The second-order valence-electron chi connectivity index (χ2n) is 7.31. The van der Waals surface area contributed by atoms with Crippen molar-refractivity contribution in [2.24, 2.45) is 0 Å². The van der Waals surface area contributed by atoms with E-state index in [0.717, 1.165) is 30.9 Å². The van der Waals surface area contributed by atoms with Crippen molar-refractivity contribution >= 4 is 17.8 Å². The van der Waals surface area contributed by atoms with Crippen molar-refractivity contribution in [2.75, 3.05) is 24.5 Å². The minimum Gasteiger partial charge on any atom is -0.459 e. The van der Waals surface area contributed by atoms with Crippen molar-refractivity contribution in [3.8, 4) is 0 Å². The number of nitrogens with zero attached hydrogens (tertiary/aromatic N) is 2. The normalized spacial score (nSPS) is 12.7. The highest BCUT2D eigenvalue weighted by Crippen LogP contribution is 2.22. The Morgan fingerprint density at radius 1 is 0.968 bits per heavy atom. The average molecular weight is 419 g/mol. The van der Waals surface area contributed by atoms with E-state index < -0.39 is 0 Å². The number of amides is 3. The van der Waals surface area contributed by atoms with Gasteiger partial charge in [0.15, 0.2) is 5.76 Å². The van der Waals surface area contributed by atoms with Crippen molar-refractivity contribution in [1.29, 1.82) is 0 Å². The zero-order chi connectivity index (χ0) is 21.5. The molecule has 3 N–H and O–H groups in total. The van der Waals surface area contributed by atoms with Crippen molar-refractivity contribution in [1.82, 2.24) is 20.9 Å². The lowest BCUT2D eigenvalue weighted by Gasteiger charge is -2.29. The van der Waals surface area contributed by atoms with Gasteiger partial charge in [-0.1, -0.05) is 30.3 Å². The number of hydrogen-bond donors (Lipinski definition) is 3. The third-order valence-electron chi connectivity index (χ3n) is 5.16. The van der Waals surface area contributed by atoms with Gasteiger partial charge in [0.25, 0.3) is 5.91 Å². The van der Waals surface area contributed by atoms with E-state index in [2.05, 4.69) is 50.1 Å². The largest absolute Gasteiger partial charge is 0.459 e. The van der Waals surface area contributed by atoms with E-state index in [1.54, 1.807) is 18.3 Å². The second-order valence-corrected chi connectivity index (χ2v) is 7.31. The Balaban J connectivity index is 1.17. The molecule has 3 amide bonds. The van der Waals surface area contributed by atoms with Crippen LogP contribution < -0.4 is 20.9 Å². The standard InChI is InChI=1S/C23H25N5O3/c29-22(20-6-3-13-31-20)24-10-11-25-23(30)27-15-17-7-8-21(26-14-17)28-12-9-18-4-1-2-5-19(18)16-28/h1-8,13-14H,9-12,15-16H2,(H,24,29)(H2,25,27,30). The zero-order valence-corrected chi connectivity index (χ0v) is 17.1. The fourth-order valence-corrected chi connectivity index (χ4v) is 3.49. The van der Waals surface area contributed by atoms with Gasteiger partial charge in [0, 0.05) is 38.9 Å². The van der Waals surface area contributed by atoms with Gasteiger partial charge in [0.2, 0.25) is 0 Å². The summed E-state index contributed by atoms with van der Waals surface area (Å²) >= 11 is 0. The molecule has 0 saturated heterocycles. The number of anilines is 1. The van der Waals surface area contributed by atoms with Crippen LogP contribution in [0.1, 0.15) is 27.2 Å². The smallest absolute Gasteiger partial charge is 0.315 e. The van der Waals surface area contributed by atoms with Gasteiger partial charge in [-0.2, -0.15) is 0 Å². The fourth-order valence-electron chi connectivity index (χ4n) is 3.49. The summed E-state index contributed by atoms with van der Waals surface area (Å²) in [5.41, 5.74) is 3.67. The topological polar surface area (TPSA) is 99.5 Å². The molecule has 0 aliphatic carbocycles. The molecule has 4 rings (SSSR count). The molecule has 3 heterocycles. The number of fused-ring (bicyclic) bond motifs is 1. The summed E-state index contributed by atoms with van der Waals surface area (Å²) in [6, 6.07) is 15.4. The maximum Gasteiger partial charge on any atom is 0.315 e. The van der Waals surface area contributed by atoms with E-state index in [0.29, 0.717) is 19.6 Å². The summed E-state index contributed by atoms with van der Waals surface area (Å²) in [7, 11) is 0. The van der Waals surface area contributed by atoms with Gasteiger partial charge >= 0.3 is 6.03 Å². The molecule has 8 heteroatoms. The second kappa shape index (κ2) is 9.80. The summed E-state index contributed by atoms with van der Waals surface area (Å²) in [5.74, 6) is 0.875. The van der Waals surface area contributed by atoms with E-state index in [1.165, 1.54) is 17.4 Å². The maximum atomic E-state index is 11.9. The van der Waals surface area contributed by atoms with Gasteiger partial charge < -0.3 is 25.3 Å². The lowest BCUT2D eigenvalue weighted by molar-refractivity contribution is 0.0926. The Morgan fingerprint density at radius 3 is 2.58 bits per heavy atom. The Kier molecular flexibility index (Phi) is 6.47. The first-order valence-electron chi connectivity index (χ1n) is 10.3. The molecular weight excluding hydrogens is 394 g/mol. The monoisotopic (exact) mass is 419 g/mol. The van der Waals surface area contributed by atoms with E-state index in [9.17, 15) is 9.59 Å². The molecular formula is C23H25N5O3. The minimum absolute atomic E-state index is 0.245. The highest BCUT2D eigenvalue weighted by molar-refractivity contribution is 5.91. The van der Waals surface area contributed by atoms with Crippen LogP contribution in [-0.4, -0.2) is 36.6 Å². The Hall–Kier alpha value is -3.81. The molecule has 31 heavy (non-hydrogen) atoms. The summed E-state index contributed by atoms with van der Waals surface area (Å²) in [6.07, 6.45) is 4.25. The molecule has 0 fully saturated rings. The van der Waals surface area contributed by atoms with Crippen LogP contribution in [0.2, 0.25) is 0 Å². The fraction of sp³-hybridized carbons (Fsp3) is 0.261. The van der Waals surface area contributed by atoms with Gasteiger partial charge in [0.1, 0.15) is 5.82 Å². The molecule has 0 atom stereocenters. The summed E-state index contributed by atoms with van der Waals surface area (Å²) in [4.78, 5) is 30.5. The van der Waals surface area contributed by atoms with Crippen molar-refractivity contribution < 1.29 is 14.0 Å². The van der Waals surface area contributed by atoms with Crippen LogP contribution in [0.4, 0.5) is 10.6 Å². The van der Waals surface area contributed by atoms with E-state index >= 15 is 0 Å². The van der Waals surface area contributed by atoms with Crippen molar-refractivity contribution in [3.05, 3.63) is 83.4 Å². The highest BCUT2D eigenvalue weighted by Gasteiger charge is 2.16. The molecule has 0 saturated carbocycles. The van der Waals surface area contributed by atoms with Crippen molar-refractivity contribution in [2.45, 2.75) is 19.5 Å². The van der Waals surface area contributed by atoms with E-state index in [4.69, 9.17) is 4.42 Å². The molecule has 8 nitrogen and oxygen atoms in total. The van der Waals surface area contributed by atoms with E-state index in [1.807, 2.05) is 12.1 Å². The molecule has 3 aromatic rings. The predicted molar refractivity (Wildman–Crippen MR) is 117 cm³/mol. The van der Waals surface area contributed by atoms with Gasteiger partial charge in [-0.05, 0) is 41.3 Å². The van der Waals surface area contributed by atoms with Crippen LogP contribution in [-0.2, 0) is 19.5 Å². The number of hydrogen-bond acceptors (Lipinski definition) is 5. The number of benzene rings is 1. The quantitative estimate of drug-likeness (QED) is 0.511. The predicted octanol–water partition coefficient (Wildman–Crippen LogP) is 2.47. The van der Waals surface area contributed by atoms with Gasteiger partial charge in [-0.25, -0.2) is 9.78 Å². The van der Waals surface area contributed by atoms with Crippen LogP contribution >= 0.6 is 0 Å². The molecule has 0 bridgehead atoms. The highest BCUT2D eigenvalue weighted by atomic mass is 16.3. The Bertz CT molecular complexity index is 1020. The van der Waals surface area contributed by atoms with Gasteiger partial charge in [-0.3, -0.25) is 4.79 Å². The Labute approximate surface area is 180 Å². The number of urea groups is 1. The summed E-state index contributed by atoms with van der Waals surface area (Å²) in [6.45, 7) is 2.80. The van der Waals surface area contributed by atoms with Crippen LogP contribution in [0, 0.1) is 0 Å². The van der Waals surface area contributed by atoms with Gasteiger partial charge in [-0.15, -0.1) is 0 Å². The number of carbonyl (C=O) groups is 2. The summed E-state index contributed by atoms with van der Waals surface area (Å²) < 4.78 is 5.00. The summed E-state index contributed by atoms with van der Waals surface area (Å²) in [5, 5.41) is 8.16. The number of carbonyl (C=O) groups excluding carboxylic acids is 2. The van der Waals surface area contributed by atoms with Gasteiger partial charge in [0.05, 0.1) is 6.26 Å². The number of furan rings is 1. The third kappa shape index (κ3) is 5.42. The number of rotatable bonds is 7. The van der Waals surface area contributed by atoms with Crippen LogP contribution in [0.15, 0.2) is 65.4 Å². The molecule has 1 aromatic carbocycles. The Morgan fingerprint density at radius 2 is 1.81 bits per heavy atom. The maximum absolute atomic E-state index is 11.9. The third-order valence-corrected chi connectivity index (χ3v) is 5.16. The first-order chi connectivity index (χ1) is 15.2. The van der Waals surface area contributed by atoms with Crippen molar-refractivity contribution in [3.63, 3.8) is 0 Å². The molecule has 0 radical (unpaired) electrons. The lowest BCUT2D eigenvalue weighted by Crippen LogP contribution is -2.40. The molecule has 1 aliphatic heterocycles. The molecule has 0 unspecified atom stereocenters. The average Bonchev–Trinajstić information content (AvgIpc) is 3.36. The minimum atomic E-state index is -0.310. The number of nitrogens with one attached hydrogen (secondary N) is 3. The molecule has 0 spiro atoms. The van der Waals surface area contributed by atoms with E-state index in [-0.39, 0.29) is 17.7 Å². The number of aromatic nitrogens is 1. The van der Waals surface area contributed by atoms with Crippen LogP contribution in [0.3, 0.4) is 0 Å². The SMILES string of the molecule is O=C(NCCNC(=O)c1ccco1)NCc1ccc(N2CCc3ccccc3C2)nc1. The molecule has 160 valence electrons. The first-order valence-corrected chi connectivity index (χ1v) is 10.3. The van der Waals surface area contributed by atoms with Crippen LogP contribution in [0.25, 0.3) is 0 Å². The molecule has 1 aliphatic rings. The van der Waals surface area contributed by atoms with Crippen LogP contribution in [0.5, 0.6) is 0 Å². The molecule has 2 aromatic heterocycles.